The summed E-state index contributed by atoms with van der Waals surface area (Å²) in [6.45, 7) is 0. The molecular formula is C13H8ClN3. The van der Waals surface area contributed by atoms with Crippen molar-refractivity contribution >= 4 is 22.5 Å². The number of pyridine rings is 1. The van der Waals surface area contributed by atoms with Crippen molar-refractivity contribution < 1.29 is 0 Å². The Morgan fingerprint density at radius 2 is 1.88 bits per heavy atom. The van der Waals surface area contributed by atoms with Crippen LogP contribution in [0.3, 0.4) is 0 Å². The van der Waals surface area contributed by atoms with E-state index in [1.807, 2.05) is 30.3 Å². The van der Waals surface area contributed by atoms with Gasteiger partial charge in [0.25, 0.3) is 0 Å². The number of fused-ring (bicyclic) bond motifs is 1. The highest BCUT2D eigenvalue weighted by atomic mass is 35.5. The molecule has 1 aromatic carbocycles. The number of benzene rings is 1. The fourth-order valence-electron chi connectivity index (χ4n) is 1.73. The third kappa shape index (κ3) is 1.85. The maximum absolute atomic E-state index is 6.03. The highest BCUT2D eigenvalue weighted by Crippen LogP contribution is 2.26. The average molecular weight is 242 g/mol. The van der Waals surface area contributed by atoms with Crippen LogP contribution in [0.5, 0.6) is 0 Å². The molecule has 0 aliphatic carbocycles. The van der Waals surface area contributed by atoms with Crippen molar-refractivity contribution in [1.29, 1.82) is 0 Å². The van der Waals surface area contributed by atoms with Gasteiger partial charge in [0, 0.05) is 28.9 Å². The van der Waals surface area contributed by atoms with Crippen LogP contribution in [0.2, 0.25) is 5.15 Å². The first-order valence-corrected chi connectivity index (χ1v) is 5.53. The van der Waals surface area contributed by atoms with Gasteiger partial charge in [-0.05, 0) is 12.1 Å². The third-order valence-corrected chi connectivity index (χ3v) is 2.87. The second kappa shape index (κ2) is 4.11. The molecule has 2 heterocycles. The van der Waals surface area contributed by atoms with Gasteiger partial charge < -0.3 is 0 Å². The van der Waals surface area contributed by atoms with E-state index in [1.165, 1.54) is 6.33 Å². The Morgan fingerprint density at radius 1 is 1.00 bits per heavy atom. The van der Waals surface area contributed by atoms with Crippen molar-refractivity contribution in [2.45, 2.75) is 0 Å². The van der Waals surface area contributed by atoms with Gasteiger partial charge in [-0.1, -0.05) is 29.8 Å². The molecular weight excluding hydrogens is 234 g/mol. The largest absolute Gasteiger partial charge is 0.256 e. The van der Waals surface area contributed by atoms with Gasteiger partial charge in [0.05, 0.1) is 5.52 Å². The summed E-state index contributed by atoms with van der Waals surface area (Å²) in [6, 6.07) is 9.98. The lowest BCUT2D eigenvalue weighted by atomic mass is 10.1. The van der Waals surface area contributed by atoms with Gasteiger partial charge in [0.1, 0.15) is 11.5 Å². The van der Waals surface area contributed by atoms with Crippen molar-refractivity contribution in [3.63, 3.8) is 0 Å². The highest BCUT2D eigenvalue weighted by molar-refractivity contribution is 6.32. The summed E-state index contributed by atoms with van der Waals surface area (Å²) < 4.78 is 0. The van der Waals surface area contributed by atoms with E-state index >= 15 is 0 Å². The average Bonchev–Trinajstić information content (AvgIpc) is 2.39. The van der Waals surface area contributed by atoms with E-state index in [-0.39, 0.29) is 0 Å². The Bertz CT molecular complexity index is 682. The Labute approximate surface area is 103 Å². The summed E-state index contributed by atoms with van der Waals surface area (Å²) in [5.41, 5.74) is 2.69. The van der Waals surface area contributed by atoms with Crippen LogP contribution in [0.4, 0.5) is 0 Å². The first kappa shape index (κ1) is 10.2. The number of para-hydroxylation sites is 1. The predicted molar refractivity (Wildman–Crippen MR) is 67.8 cm³/mol. The summed E-state index contributed by atoms with van der Waals surface area (Å²) in [7, 11) is 0. The molecule has 0 aliphatic rings. The molecule has 0 unspecified atom stereocenters. The molecule has 0 amide bonds. The van der Waals surface area contributed by atoms with E-state index in [2.05, 4.69) is 15.0 Å². The first-order chi connectivity index (χ1) is 8.34. The fourth-order valence-corrected chi connectivity index (χ4v) is 1.93. The summed E-state index contributed by atoms with van der Waals surface area (Å²) >= 11 is 6.03. The number of hydrogen-bond donors (Lipinski definition) is 0. The topological polar surface area (TPSA) is 38.7 Å². The van der Waals surface area contributed by atoms with Crippen LogP contribution in [0.15, 0.2) is 49.1 Å². The zero-order valence-electron chi connectivity index (χ0n) is 8.84. The summed E-state index contributed by atoms with van der Waals surface area (Å²) in [5.74, 6) is 0. The van der Waals surface area contributed by atoms with E-state index in [1.54, 1.807) is 12.4 Å². The summed E-state index contributed by atoms with van der Waals surface area (Å²) in [5, 5.41) is 1.52. The predicted octanol–water partition coefficient (Wildman–Crippen LogP) is 3.35. The van der Waals surface area contributed by atoms with E-state index in [0.717, 1.165) is 22.0 Å². The summed E-state index contributed by atoms with van der Waals surface area (Å²) in [6.07, 6.45) is 4.91. The van der Waals surface area contributed by atoms with Gasteiger partial charge in [-0.25, -0.2) is 9.97 Å². The van der Waals surface area contributed by atoms with Gasteiger partial charge in [0.2, 0.25) is 0 Å². The van der Waals surface area contributed by atoms with E-state index in [4.69, 9.17) is 11.6 Å². The van der Waals surface area contributed by atoms with Crippen LogP contribution in [0, 0.1) is 0 Å². The molecule has 0 fully saturated rings. The molecule has 3 rings (SSSR count). The second-order valence-corrected chi connectivity index (χ2v) is 4.00. The number of aromatic nitrogens is 3. The molecule has 0 spiro atoms. The van der Waals surface area contributed by atoms with E-state index < -0.39 is 0 Å². The summed E-state index contributed by atoms with van der Waals surface area (Å²) in [4.78, 5) is 12.3. The van der Waals surface area contributed by atoms with Crippen LogP contribution < -0.4 is 0 Å². The Kier molecular flexibility index (Phi) is 2.46. The highest BCUT2D eigenvalue weighted by Gasteiger charge is 2.05. The molecule has 0 saturated carbocycles. The van der Waals surface area contributed by atoms with Crippen molar-refractivity contribution in [2.75, 3.05) is 0 Å². The quantitative estimate of drug-likeness (QED) is 0.614. The van der Waals surface area contributed by atoms with Crippen molar-refractivity contribution in [3.8, 4) is 11.1 Å². The molecule has 3 aromatic rings. The van der Waals surface area contributed by atoms with Crippen molar-refractivity contribution in [2.24, 2.45) is 0 Å². The molecule has 17 heavy (non-hydrogen) atoms. The minimum absolute atomic E-state index is 0.442. The molecule has 2 aromatic heterocycles. The Morgan fingerprint density at radius 3 is 2.76 bits per heavy atom. The molecule has 0 bridgehead atoms. The second-order valence-electron chi connectivity index (χ2n) is 3.64. The fraction of sp³-hybridized carbons (Fsp3) is 0. The zero-order chi connectivity index (χ0) is 11.7. The zero-order valence-corrected chi connectivity index (χ0v) is 9.59. The lowest BCUT2D eigenvalue weighted by Crippen LogP contribution is -1.87. The Balaban J connectivity index is 2.22. The standard InChI is InChI=1S/C13H8ClN3/c14-13-11(7-15-8-17-13)10-5-9-3-1-2-4-12(9)16-6-10/h1-8H. The smallest absolute Gasteiger partial charge is 0.140 e. The van der Waals surface area contributed by atoms with Gasteiger partial charge in [-0.2, -0.15) is 0 Å². The maximum atomic E-state index is 6.03. The molecule has 4 heteroatoms. The first-order valence-electron chi connectivity index (χ1n) is 5.15. The van der Waals surface area contributed by atoms with Gasteiger partial charge in [0.15, 0.2) is 0 Å². The SMILES string of the molecule is Clc1ncncc1-c1cnc2ccccc2c1. The molecule has 0 aliphatic heterocycles. The molecule has 0 atom stereocenters. The maximum Gasteiger partial charge on any atom is 0.140 e. The molecule has 0 radical (unpaired) electrons. The number of rotatable bonds is 1. The molecule has 0 saturated heterocycles. The van der Waals surface area contributed by atoms with E-state index in [9.17, 15) is 0 Å². The van der Waals surface area contributed by atoms with Crippen molar-refractivity contribution in [3.05, 3.63) is 54.2 Å². The lowest BCUT2D eigenvalue weighted by Gasteiger charge is -2.03. The molecule has 3 nitrogen and oxygen atoms in total. The Hall–Kier alpha value is -2.00. The monoisotopic (exact) mass is 241 g/mol. The van der Waals surface area contributed by atoms with Crippen LogP contribution in [-0.4, -0.2) is 15.0 Å². The minimum Gasteiger partial charge on any atom is -0.256 e. The lowest BCUT2D eigenvalue weighted by molar-refractivity contribution is 1.17. The molecule has 0 N–H and O–H groups in total. The van der Waals surface area contributed by atoms with Crippen LogP contribution in [0.25, 0.3) is 22.0 Å². The van der Waals surface area contributed by atoms with Crippen LogP contribution in [0.1, 0.15) is 0 Å². The van der Waals surface area contributed by atoms with E-state index in [0.29, 0.717) is 5.15 Å². The van der Waals surface area contributed by atoms with Crippen LogP contribution in [-0.2, 0) is 0 Å². The number of nitrogens with zero attached hydrogens (tertiary/aromatic N) is 3. The molecule has 82 valence electrons. The number of halogens is 1. The number of hydrogen-bond acceptors (Lipinski definition) is 3. The van der Waals surface area contributed by atoms with Crippen LogP contribution >= 0.6 is 11.6 Å². The van der Waals surface area contributed by atoms with Gasteiger partial charge in [-0.3, -0.25) is 4.98 Å². The normalized spacial score (nSPS) is 10.6. The minimum atomic E-state index is 0.442. The third-order valence-electron chi connectivity index (χ3n) is 2.57. The van der Waals surface area contributed by atoms with Gasteiger partial charge in [-0.15, -0.1) is 0 Å². The van der Waals surface area contributed by atoms with Gasteiger partial charge >= 0.3 is 0 Å². The van der Waals surface area contributed by atoms with Crippen molar-refractivity contribution in [1.82, 2.24) is 15.0 Å².